The van der Waals surface area contributed by atoms with Crippen molar-refractivity contribution in [2.24, 2.45) is 0 Å². The molecule has 0 bridgehead atoms. The van der Waals surface area contributed by atoms with E-state index in [1.54, 1.807) is 66.7 Å². The molecule has 198 valence electrons. The van der Waals surface area contributed by atoms with Gasteiger partial charge in [-0.2, -0.15) is 0 Å². The van der Waals surface area contributed by atoms with Gasteiger partial charge in [-0.15, -0.1) is 0 Å². The number of anilines is 1. The van der Waals surface area contributed by atoms with Crippen molar-refractivity contribution in [2.45, 2.75) is 13.0 Å². The van der Waals surface area contributed by atoms with Crippen LogP contribution in [0.4, 0.5) is 5.13 Å². The maximum Gasteiger partial charge on any atom is 0.301 e. The van der Waals surface area contributed by atoms with Gasteiger partial charge in [0.1, 0.15) is 12.4 Å². The van der Waals surface area contributed by atoms with E-state index in [1.807, 2.05) is 6.92 Å². The predicted molar refractivity (Wildman–Crippen MR) is 154 cm³/mol. The topological polar surface area (TPSA) is 89.0 Å². The van der Waals surface area contributed by atoms with E-state index in [2.05, 4.69) is 11.6 Å². The van der Waals surface area contributed by atoms with Crippen LogP contribution in [0.25, 0.3) is 16.0 Å². The first-order chi connectivity index (χ1) is 18.8. The molecule has 1 unspecified atom stereocenters. The van der Waals surface area contributed by atoms with E-state index in [0.717, 1.165) is 4.70 Å². The van der Waals surface area contributed by atoms with Gasteiger partial charge in [0.2, 0.25) is 0 Å². The van der Waals surface area contributed by atoms with Crippen LogP contribution in [0.3, 0.4) is 0 Å². The molecule has 0 radical (unpaired) electrons. The summed E-state index contributed by atoms with van der Waals surface area (Å²) in [6, 6.07) is 15.7. The van der Waals surface area contributed by atoms with Crippen molar-refractivity contribution < 1.29 is 24.2 Å². The van der Waals surface area contributed by atoms with E-state index in [4.69, 9.17) is 32.7 Å². The standard InChI is InChI=1S/C29H22Cl2N2O5S/c1-3-13-38-21-12-7-17(14-22(21)37-4-2)25-24(26(34)16-5-8-18(30)9-6-16)27(35)28(36)33(25)29-32-20-11-10-19(31)15-23(20)39-29/h3,5-12,14-15,25,34H,1,4,13H2,2H3/b26-24+. The lowest BCUT2D eigenvalue weighted by molar-refractivity contribution is -0.132. The van der Waals surface area contributed by atoms with Crippen LogP contribution in [0.1, 0.15) is 24.1 Å². The molecule has 4 aromatic rings. The highest BCUT2D eigenvalue weighted by atomic mass is 35.5. The lowest BCUT2D eigenvalue weighted by Crippen LogP contribution is -2.29. The quantitative estimate of drug-likeness (QED) is 0.103. The molecule has 1 aromatic heterocycles. The van der Waals surface area contributed by atoms with Crippen LogP contribution < -0.4 is 14.4 Å². The smallest absolute Gasteiger partial charge is 0.301 e. The summed E-state index contributed by atoms with van der Waals surface area (Å²) in [5, 5.41) is 12.6. The highest BCUT2D eigenvalue weighted by Gasteiger charge is 2.48. The molecule has 0 spiro atoms. The Hall–Kier alpha value is -3.85. The highest BCUT2D eigenvalue weighted by Crippen LogP contribution is 2.46. The summed E-state index contributed by atoms with van der Waals surface area (Å²) < 4.78 is 12.3. The Kier molecular flexibility index (Phi) is 7.61. The molecule has 1 atom stereocenters. The minimum absolute atomic E-state index is 0.0816. The lowest BCUT2D eigenvalue weighted by Gasteiger charge is -2.24. The third-order valence-corrected chi connectivity index (χ3v) is 7.55. The number of ketones is 1. The van der Waals surface area contributed by atoms with Gasteiger partial charge in [-0.25, -0.2) is 4.98 Å². The van der Waals surface area contributed by atoms with Gasteiger partial charge in [-0.1, -0.05) is 53.3 Å². The lowest BCUT2D eigenvalue weighted by atomic mass is 9.95. The van der Waals surface area contributed by atoms with E-state index < -0.39 is 17.7 Å². The zero-order valence-electron chi connectivity index (χ0n) is 20.7. The second kappa shape index (κ2) is 11.1. The highest BCUT2D eigenvalue weighted by molar-refractivity contribution is 7.22. The van der Waals surface area contributed by atoms with Crippen LogP contribution in [0, 0.1) is 0 Å². The molecule has 7 nitrogen and oxygen atoms in total. The number of nitrogens with zero attached hydrogens (tertiary/aromatic N) is 2. The number of fused-ring (bicyclic) bond motifs is 1. The Bertz CT molecular complexity index is 1630. The van der Waals surface area contributed by atoms with Crippen LogP contribution >= 0.6 is 34.5 Å². The summed E-state index contributed by atoms with van der Waals surface area (Å²) in [7, 11) is 0. The van der Waals surface area contributed by atoms with Crippen LogP contribution in [0.2, 0.25) is 10.0 Å². The van der Waals surface area contributed by atoms with Gasteiger partial charge in [-0.3, -0.25) is 14.5 Å². The van der Waals surface area contributed by atoms with Crippen LogP contribution in [-0.2, 0) is 9.59 Å². The second-order valence-corrected chi connectivity index (χ2v) is 10.4. The number of Topliss-reactive ketones (excluding diaryl/α,β-unsaturated/α-hetero) is 1. The Labute approximate surface area is 238 Å². The zero-order valence-corrected chi connectivity index (χ0v) is 23.0. The van der Waals surface area contributed by atoms with Crippen molar-refractivity contribution in [3.63, 3.8) is 0 Å². The number of benzene rings is 3. The number of aliphatic hydroxyl groups excluding tert-OH is 1. The normalized spacial score (nSPS) is 16.6. The average molecular weight is 581 g/mol. The molecule has 1 N–H and O–H groups in total. The maximum atomic E-state index is 13.5. The molecule has 1 saturated heterocycles. The number of thiazole rings is 1. The second-order valence-electron chi connectivity index (χ2n) is 8.52. The first-order valence-electron chi connectivity index (χ1n) is 12.0. The molecule has 2 heterocycles. The number of halogens is 2. The molecule has 10 heteroatoms. The molecule has 39 heavy (non-hydrogen) atoms. The van der Waals surface area contributed by atoms with Crippen molar-refractivity contribution in [3.8, 4) is 11.5 Å². The monoisotopic (exact) mass is 580 g/mol. The third kappa shape index (κ3) is 5.11. The molecule has 0 saturated carbocycles. The summed E-state index contributed by atoms with van der Waals surface area (Å²) in [6.45, 7) is 6.14. The van der Waals surface area contributed by atoms with Gasteiger partial charge in [0.15, 0.2) is 16.6 Å². The summed E-state index contributed by atoms with van der Waals surface area (Å²) >= 11 is 13.4. The summed E-state index contributed by atoms with van der Waals surface area (Å²) in [5.41, 5.74) is 1.41. The summed E-state index contributed by atoms with van der Waals surface area (Å²) in [4.78, 5) is 33.0. The van der Waals surface area contributed by atoms with Crippen LogP contribution in [0.15, 0.2) is 78.9 Å². The predicted octanol–water partition coefficient (Wildman–Crippen LogP) is 7.19. The minimum Gasteiger partial charge on any atom is -0.507 e. The summed E-state index contributed by atoms with van der Waals surface area (Å²) in [6.07, 6.45) is 1.62. The number of aromatic nitrogens is 1. The molecule has 5 rings (SSSR count). The van der Waals surface area contributed by atoms with Crippen molar-refractivity contribution in [2.75, 3.05) is 18.1 Å². The third-order valence-electron chi connectivity index (χ3n) is 6.05. The SMILES string of the molecule is C=CCOc1ccc(C2/C(=C(\O)c3ccc(Cl)cc3)C(=O)C(=O)N2c2nc3ccc(Cl)cc3s2)cc1OCC. The van der Waals surface area contributed by atoms with E-state index in [9.17, 15) is 14.7 Å². The average Bonchev–Trinajstić information content (AvgIpc) is 3.45. The van der Waals surface area contributed by atoms with E-state index >= 15 is 0 Å². The minimum atomic E-state index is -0.996. The number of hydrogen-bond donors (Lipinski definition) is 1. The molecule has 1 amide bonds. The molecule has 1 fully saturated rings. The molecular weight excluding hydrogens is 559 g/mol. The van der Waals surface area contributed by atoms with Gasteiger partial charge in [0, 0.05) is 15.6 Å². The first-order valence-corrected chi connectivity index (χ1v) is 13.5. The van der Waals surface area contributed by atoms with E-state index in [-0.39, 0.29) is 17.9 Å². The molecular formula is C29H22Cl2N2O5S. The van der Waals surface area contributed by atoms with E-state index in [0.29, 0.717) is 49.9 Å². The number of amides is 1. The van der Waals surface area contributed by atoms with Crippen molar-refractivity contribution in [1.29, 1.82) is 0 Å². The van der Waals surface area contributed by atoms with E-state index in [1.165, 1.54) is 16.2 Å². The zero-order chi connectivity index (χ0) is 27.7. The fourth-order valence-corrected chi connectivity index (χ4v) is 5.72. The molecule has 0 aliphatic carbocycles. The first kappa shape index (κ1) is 26.7. The van der Waals surface area contributed by atoms with Crippen molar-refractivity contribution in [3.05, 3.63) is 100 Å². The molecule has 1 aliphatic heterocycles. The molecule has 1 aliphatic rings. The van der Waals surface area contributed by atoms with Gasteiger partial charge in [-0.05, 0) is 67.1 Å². The van der Waals surface area contributed by atoms with Crippen molar-refractivity contribution >= 4 is 67.3 Å². The van der Waals surface area contributed by atoms with Gasteiger partial charge in [0.25, 0.3) is 5.78 Å². The Morgan fingerprint density at radius 2 is 1.79 bits per heavy atom. The number of ether oxygens (including phenoxy) is 2. The number of carbonyl (C=O) groups is 2. The maximum absolute atomic E-state index is 13.5. The number of hydrogen-bond acceptors (Lipinski definition) is 7. The largest absolute Gasteiger partial charge is 0.507 e. The number of rotatable bonds is 8. The van der Waals surface area contributed by atoms with Crippen molar-refractivity contribution in [1.82, 2.24) is 4.98 Å². The Balaban J connectivity index is 1.72. The van der Waals surface area contributed by atoms with Gasteiger partial charge >= 0.3 is 5.91 Å². The fourth-order valence-electron chi connectivity index (χ4n) is 4.33. The number of carbonyl (C=O) groups excluding carboxylic acids is 2. The van der Waals surface area contributed by atoms with Gasteiger partial charge in [0.05, 0.1) is 28.4 Å². The summed E-state index contributed by atoms with van der Waals surface area (Å²) in [5.74, 6) is -1.08. The van der Waals surface area contributed by atoms with Gasteiger partial charge < -0.3 is 14.6 Å². The Morgan fingerprint density at radius 3 is 2.51 bits per heavy atom. The molecule has 3 aromatic carbocycles. The van der Waals surface area contributed by atoms with Crippen LogP contribution in [-0.4, -0.2) is 35.0 Å². The number of aliphatic hydroxyl groups is 1. The van der Waals surface area contributed by atoms with Crippen LogP contribution in [0.5, 0.6) is 11.5 Å². The Morgan fingerprint density at radius 1 is 1.05 bits per heavy atom. The fraction of sp³-hybridized carbons (Fsp3) is 0.138.